The molecule has 1 heterocycles. The highest BCUT2D eigenvalue weighted by atomic mass is 16.2. The zero-order valence-corrected chi connectivity index (χ0v) is 11.1. The van der Waals surface area contributed by atoms with E-state index in [0.717, 1.165) is 19.4 Å². The second-order valence-corrected chi connectivity index (χ2v) is 5.84. The number of carbonyl (C=O) groups excluding carboxylic acids is 2. The van der Waals surface area contributed by atoms with Crippen molar-refractivity contribution in [1.82, 2.24) is 16.0 Å². The second kappa shape index (κ2) is 5.04. The van der Waals surface area contributed by atoms with Crippen LogP contribution in [-0.4, -0.2) is 36.0 Å². The maximum atomic E-state index is 11.9. The van der Waals surface area contributed by atoms with Crippen molar-refractivity contribution in [2.24, 2.45) is 0 Å². The SMILES string of the molecule is CC(C)(C)NC(=O)CNC(=O)C1(C)CCCN1. The van der Waals surface area contributed by atoms with Gasteiger partial charge in [0.2, 0.25) is 11.8 Å². The monoisotopic (exact) mass is 241 g/mol. The molecule has 0 bridgehead atoms. The Morgan fingerprint density at radius 1 is 1.35 bits per heavy atom. The Balaban J connectivity index is 2.36. The molecule has 1 aliphatic rings. The minimum atomic E-state index is -0.512. The van der Waals surface area contributed by atoms with Gasteiger partial charge in [-0.2, -0.15) is 0 Å². The molecule has 0 aromatic carbocycles. The fourth-order valence-corrected chi connectivity index (χ4v) is 1.91. The molecule has 1 saturated heterocycles. The molecule has 1 fully saturated rings. The molecule has 5 nitrogen and oxygen atoms in total. The number of rotatable bonds is 3. The maximum Gasteiger partial charge on any atom is 0.240 e. The zero-order valence-electron chi connectivity index (χ0n) is 11.1. The Hall–Kier alpha value is -1.10. The molecule has 0 saturated carbocycles. The van der Waals surface area contributed by atoms with E-state index in [9.17, 15) is 9.59 Å². The zero-order chi connectivity index (χ0) is 13.1. The minimum Gasteiger partial charge on any atom is -0.350 e. The highest BCUT2D eigenvalue weighted by molar-refractivity contribution is 5.90. The minimum absolute atomic E-state index is 0.0351. The highest BCUT2D eigenvalue weighted by Crippen LogP contribution is 2.18. The number of carbonyl (C=O) groups is 2. The smallest absolute Gasteiger partial charge is 0.240 e. The molecule has 17 heavy (non-hydrogen) atoms. The third-order valence-corrected chi connectivity index (χ3v) is 2.79. The third-order valence-electron chi connectivity index (χ3n) is 2.79. The largest absolute Gasteiger partial charge is 0.350 e. The van der Waals surface area contributed by atoms with E-state index in [2.05, 4.69) is 16.0 Å². The van der Waals surface area contributed by atoms with E-state index in [1.807, 2.05) is 27.7 Å². The first-order valence-corrected chi connectivity index (χ1v) is 6.07. The van der Waals surface area contributed by atoms with Crippen LogP contribution in [-0.2, 0) is 9.59 Å². The van der Waals surface area contributed by atoms with Crippen LogP contribution in [0.3, 0.4) is 0 Å². The van der Waals surface area contributed by atoms with Gasteiger partial charge >= 0.3 is 0 Å². The normalized spacial score (nSPS) is 24.5. The predicted molar refractivity (Wildman–Crippen MR) is 66.5 cm³/mol. The summed E-state index contributed by atoms with van der Waals surface area (Å²) in [5, 5.41) is 8.64. The van der Waals surface area contributed by atoms with Crippen LogP contribution >= 0.6 is 0 Å². The molecule has 1 atom stereocenters. The van der Waals surface area contributed by atoms with Crippen molar-refractivity contribution >= 4 is 11.8 Å². The van der Waals surface area contributed by atoms with Gasteiger partial charge in [0.05, 0.1) is 12.1 Å². The van der Waals surface area contributed by atoms with Crippen molar-refractivity contribution in [2.45, 2.75) is 51.6 Å². The lowest BCUT2D eigenvalue weighted by molar-refractivity contribution is -0.130. The van der Waals surface area contributed by atoms with Crippen LogP contribution in [0.15, 0.2) is 0 Å². The molecule has 1 rings (SSSR count). The number of amides is 2. The van der Waals surface area contributed by atoms with Crippen molar-refractivity contribution in [3.8, 4) is 0 Å². The van der Waals surface area contributed by atoms with E-state index >= 15 is 0 Å². The van der Waals surface area contributed by atoms with Gasteiger partial charge in [0.25, 0.3) is 0 Å². The lowest BCUT2D eigenvalue weighted by atomic mass is 9.99. The van der Waals surface area contributed by atoms with E-state index in [0.29, 0.717) is 0 Å². The Labute approximate surface area is 103 Å². The average Bonchev–Trinajstić information content (AvgIpc) is 2.60. The van der Waals surface area contributed by atoms with Crippen LogP contribution in [0.5, 0.6) is 0 Å². The van der Waals surface area contributed by atoms with Crippen LogP contribution in [0, 0.1) is 0 Å². The summed E-state index contributed by atoms with van der Waals surface area (Å²) in [4.78, 5) is 23.4. The van der Waals surface area contributed by atoms with E-state index in [1.54, 1.807) is 0 Å². The lowest BCUT2D eigenvalue weighted by Gasteiger charge is -2.24. The van der Waals surface area contributed by atoms with Crippen molar-refractivity contribution in [2.75, 3.05) is 13.1 Å². The average molecular weight is 241 g/mol. The first kappa shape index (κ1) is 14.0. The number of nitrogens with one attached hydrogen (secondary N) is 3. The fraction of sp³-hybridized carbons (Fsp3) is 0.833. The van der Waals surface area contributed by atoms with Crippen molar-refractivity contribution < 1.29 is 9.59 Å². The van der Waals surface area contributed by atoms with Crippen molar-refractivity contribution in [3.63, 3.8) is 0 Å². The second-order valence-electron chi connectivity index (χ2n) is 5.84. The molecular weight excluding hydrogens is 218 g/mol. The van der Waals surface area contributed by atoms with Gasteiger partial charge < -0.3 is 16.0 Å². The summed E-state index contributed by atoms with van der Waals surface area (Å²) in [6, 6.07) is 0. The standard InChI is InChI=1S/C12H23N3O2/c1-11(2,3)15-9(16)8-13-10(17)12(4)6-5-7-14-12/h14H,5-8H2,1-4H3,(H,13,17)(H,15,16). The summed E-state index contributed by atoms with van der Waals surface area (Å²) in [7, 11) is 0. The van der Waals surface area contributed by atoms with E-state index in [1.165, 1.54) is 0 Å². The molecule has 0 aromatic heterocycles. The van der Waals surface area contributed by atoms with Crippen LogP contribution < -0.4 is 16.0 Å². The molecule has 3 N–H and O–H groups in total. The number of hydrogen-bond acceptors (Lipinski definition) is 3. The van der Waals surface area contributed by atoms with Gasteiger partial charge in [0, 0.05) is 5.54 Å². The first-order valence-electron chi connectivity index (χ1n) is 6.07. The predicted octanol–water partition coefficient (Wildman–Crippen LogP) is 0.159. The fourth-order valence-electron chi connectivity index (χ4n) is 1.91. The molecule has 1 aliphatic heterocycles. The highest BCUT2D eigenvalue weighted by Gasteiger charge is 2.35. The molecule has 0 aliphatic carbocycles. The van der Waals surface area contributed by atoms with Crippen LogP contribution in [0.2, 0.25) is 0 Å². The van der Waals surface area contributed by atoms with E-state index in [4.69, 9.17) is 0 Å². The van der Waals surface area contributed by atoms with Gasteiger partial charge in [0.15, 0.2) is 0 Å². The van der Waals surface area contributed by atoms with Gasteiger partial charge in [-0.3, -0.25) is 9.59 Å². The molecule has 0 spiro atoms. The molecule has 0 radical (unpaired) electrons. The van der Waals surface area contributed by atoms with Crippen LogP contribution in [0.25, 0.3) is 0 Å². The molecule has 1 unspecified atom stereocenters. The van der Waals surface area contributed by atoms with Gasteiger partial charge in [-0.15, -0.1) is 0 Å². The van der Waals surface area contributed by atoms with E-state index in [-0.39, 0.29) is 23.9 Å². The summed E-state index contributed by atoms with van der Waals surface area (Å²) in [5.74, 6) is -0.258. The molecule has 0 aromatic rings. The summed E-state index contributed by atoms with van der Waals surface area (Å²) in [5.41, 5.74) is -0.778. The Kier molecular flexibility index (Phi) is 4.14. The third kappa shape index (κ3) is 4.34. The molecule has 5 heteroatoms. The maximum absolute atomic E-state index is 11.9. The van der Waals surface area contributed by atoms with Gasteiger partial charge in [-0.25, -0.2) is 0 Å². The van der Waals surface area contributed by atoms with Crippen molar-refractivity contribution in [1.29, 1.82) is 0 Å². The summed E-state index contributed by atoms with van der Waals surface area (Å²) in [6.45, 7) is 8.49. The van der Waals surface area contributed by atoms with Crippen LogP contribution in [0.1, 0.15) is 40.5 Å². The van der Waals surface area contributed by atoms with Gasteiger partial charge in [0.1, 0.15) is 0 Å². The Morgan fingerprint density at radius 2 is 2.00 bits per heavy atom. The van der Waals surface area contributed by atoms with Crippen LogP contribution in [0.4, 0.5) is 0 Å². The van der Waals surface area contributed by atoms with E-state index < -0.39 is 5.54 Å². The summed E-state index contributed by atoms with van der Waals surface area (Å²) >= 11 is 0. The lowest BCUT2D eigenvalue weighted by Crippen LogP contribution is -2.54. The summed E-state index contributed by atoms with van der Waals surface area (Å²) < 4.78 is 0. The molecular formula is C12H23N3O2. The van der Waals surface area contributed by atoms with Gasteiger partial charge in [-0.1, -0.05) is 0 Å². The Morgan fingerprint density at radius 3 is 2.47 bits per heavy atom. The Bertz CT molecular complexity index is 301. The molecule has 98 valence electrons. The topological polar surface area (TPSA) is 70.2 Å². The van der Waals surface area contributed by atoms with Gasteiger partial charge in [-0.05, 0) is 47.1 Å². The summed E-state index contributed by atoms with van der Waals surface area (Å²) in [6.07, 6.45) is 1.82. The van der Waals surface area contributed by atoms with Crippen molar-refractivity contribution in [3.05, 3.63) is 0 Å². The first-order chi connectivity index (χ1) is 7.73. The number of hydrogen-bond donors (Lipinski definition) is 3. The quantitative estimate of drug-likeness (QED) is 0.659. The molecule has 2 amide bonds.